The van der Waals surface area contributed by atoms with E-state index in [9.17, 15) is 10.2 Å². The molecule has 0 bridgehead atoms. The average Bonchev–Trinajstić information content (AvgIpc) is 3.02. The Labute approximate surface area is 130 Å². The highest BCUT2D eigenvalue weighted by molar-refractivity contribution is 6.30. The molecule has 2 aromatic heterocycles. The second kappa shape index (κ2) is 5.95. The van der Waals surface area contributed by atoms with E-state index in [4.69, 9.17) is 26.3 Å². The summed E-state index contributed by atoms with van der Waals surface area (Å²) in [5.41, 5.74) is 3.57. The van der Waals surface area contributed by atoms with Gasteiger partial charge in [-0.1, -0.05) is 11.6 Å². The maximum Gasteiger partial charge on any atom is 0.181 e. The summed E-state index contributed by atoms with van der Waals surface area (Å²) in [6.07, 6.45) is -2.83. The van der Waals surface area contributed by atoms with Gasteiger partial charge < -0.3 is 20.1 Å². The standard InChI is InChI=1S/C12H15ClN4O5/c1-21-16-6-2-8(13)15-11-5(6)3-14-17(11)12-10(20)9(19)7(4-18)22-12/h2-3,7,9-10,12,18-20H,4H2,1H3,(H,15,16)/t7-,9-,10-,12-/m1/s1. The zero-order chi connectivity index (χ0) is 15.9. The minimum Gasteiger partial charge on any atom is -0.394 e. The first kappa shape index (κ1) is 15.4. The van der Waals surface area contributed by atoms with Crippen molar-refractivity contribution in [1.82, 2.24) is 14.8 Å². The van der Waals surface area contributed by atoms with E-state index in [2.05, 4.69) is 15.6 Å². The highest BCUT2D eigenvalue weighted by Gasteiger charge is 2.44. The Bertz CT molecular complexity index is 681. The lowest BCUT2D eigenvalue weighted by atomic mass is 10.1. The van der Waals surface area contributed by atoms with Gasteiger partial charge in [-0.2, -0.15) is 5.10 Å². The molecule has 1 saturated heterocycles. The molecule has 1 aliphatic heterocycles. The van der Waals surface area contributed by atoms with Gasteiger partial charge in [-0.05, 0) is 0 Å². The van der Waals surface area contributed by atoms with Gasteiger partial charge in [-0.25, -0.2) is 9.67 Å². The number of pyridine rings is 1. The summed E-state index contributed by atoms with van der Waals surface area (Å²) < 4.78 is 6.75. The topological polar surface area (TPSA) is 122 Å². The molecule has 0 amide bonds. The number of anilines is 1. The van der Waals surface area contributed by atoms with Crippen molar-refractivity contribution in [2.24, 2.45) is 0 Å². The summed E-state index contributed by atoms with van der Waals surface area (Å²) in [6, 6.07) is 1.57. The van der Waals surface area contributed by atoms with Crippen molar-refractivity contribution in [2.75, 3.05) is 19.2 Å². The molecule has 0 radical (unpaired) electrons. The maximum atomic E-state index is 10.1. The lowest BCUT2D eigenvalue weighted by molar-refractivity contribution is -0.0566. The molecular formula is C12H15ClN4O5. The second-order valence-corrected chi connectivity index (χ2v) is 5.24. The van der Waals surface area contributed by atoms with Crippen molar-refractivity contribution in [3.8, 4) is 0 Å². The summed E-state index contributed by atoms with van der Waals surface area (Å²) in [6.45, 7) is -0.418. The first-order valence-corrected chi connectivity index (χ1v) is 6.89. The van der Waals surface area contributed by atoms with Crippen LogP contribution in [-0.2, 0) is 9.57 Å². The Balaban J connectivity index is 2.05. The van der Waals surface area contributed by atoms with Gasteiger partial charge in [-0.15, -0.1) is 0 Å². The van der Waals surface area contributed by atoms with E-state index in [0.717, 1.165) is 0 Å². The first-order chi connectivity index (χ1) is 10.6. The molecule has 9 nitrogen and oxygen atoms in total. The van der Waals surface area contributed by atoms with Gasteiger partial charge in [0.25, 0.3) is 0 Å². The van der Waals surface area contributed by atoms with E-state index < -0.39 is 31.1 Å². The monoisotopic (exact) mass is 330 g/mol. The van der Waals surface area contributed by atoms with E-state index >= 15 is 0 Å². The van der Waals surface area contributed by atoms with Crippen LogP contribution in [0.2, 0.25) is 5.15 Å². The molecule has 10 heteroatoms. The summed E-state index contributed by atoms with van der Waals surface area (Å²) in [5, 5.41) is 34.0. The normalized spacial score (nSPS) is 28.4. The molecule has 0 aliphatic carbocycles. The van der Waals surface area contributed by atoms with E-state index in [1.807, 2.05) is 0 Å². The minimum atomic E-state index is -1.25. The summed E-state index contributed by atoms with van der Waals surface area (Å²) in [5.74, 6) is 0. The first-order valence-electron chi connectivity index (χ1n) is 6.52. The van der Waals surface area contributed by atoms with Crippen LogP contribution in [0.1, 0.15) is 6.23 Å². The molecule has 1 aliphatic rings. The Kier molecular flexibility index (Phi) is 4.17. The van der Waals surface area contributed by atoms with Gasteiger partial charge in [0.1, 0.15) is 23.5 Å². The number of halogens is 1. The molecule has 3 rings (SSSR count). The van der Waals surface area contributed by atoms with Crippen molar-refractivity contribution in [3.05, 3.63) is 17.4 Å². The molecule has 0 aromatic carbocycles. The smallest absolute Gasteiger partial charge is 0.181 e. The molecule has 3 heterocycles. The molecule has 0 saturated carbocycles. The zero-order valence-corrected chi connectivity index (χ0v) is 12.3. The third kappa shape index (κ3) is 2.41. The van der Waals surface area contributed by atoms with Crippen LogP contribution in [0, 0.1) is 0 Å². The Morgan fingerprint density at radius 3 is 2.86 bits per heavy atom. The van der Waals surface area contributed by atoms with E-state index in [1.54, 1.807) is 6.07 Å². The molecule has 4 atom stereocenters. The number of rotatable bonds is 4. The molecule has 120 valence electrons. The third-order valence-electron chi connectivity index (χ3n) is 3.51. The van der Waals surface area contributed by atoms with Gasteiger partial charge in [0.05, 0.1) is 31.0 Å². The molecular weight excluding hydrogens is 316 g/mol. The van der Waals surface area contributed by atoms with Crippen LogP contribution in [-0.4, -0.2) is 62.1 Å². The van der Waals surface area contributed by atoms with Gasteiger partial charge in [0, 0.05) is 6.07 Å². The van der Waals surface area contributed by atoms with Crippen LogP contribution >= 0.6 is 11.6 Å². The second-order valence-electron chi connectivity index (χ2n) is 4.85. The number of nitrogens with zero attached hydrogens (tertiary/aromatic N) is 3. The van der Waals surface area contributed by atoms with Crippen LogP contribution in [0.5, 0.6) is 0 Å². The fourth-order valence-electron chi connectivity index (χ4n) is 2.45. The predicted molar refractivity (Wildman–Crippen MR) is 76.2 cm³/mol. The van der Waals surface area contributed by atoms with Crippen molar-refractivity contribution < 1.29 is 24.9 Å². The molecule has 2 aromatic rings. The molecule has 0 spiro atoms. The van der Waals surface area contributed by atoms with Crippen molar-refractivity contribution in [2.45, 2.75) is 24.5 Å². The van der Waals surface area contributed by atoms with Crippen molar-refractivity contribution >= 4 is 28.3 Å². The van der Waals surface area contributed by atoms with Gasteiger partial charge in [-0.3, -0.25) is 10.3 Å². The molecule has 22 heavy (non-hydrogen) atoms. The van der Waals surface area contributed by atoms with E-state index in [1.165, 1.54) is 18.0 Å². The SMILES string of the molecule is CONc1cc(Cl)nc2c1cnn2[C@@H]1O[C@H](CO)[C@@H](O)[C@H]1O. The fourth-order valence-corrected chi connectivity index (χ4v) is 2.64. The third-order valence-corrected chi connectivity index (χ3v) is 3.70. The number of fused-ring (bicyclic) bond motifs is 1. The number of aliphatic hydroxyl groups excluding tert-OH is 3. The van der Waals surface area contributed by atoms with Gasteiger partial charge >= 0.3 is 0 Å². The average molecular weight is 331 g/mol. The quantitative estimate of drug-likeness (QED) is 0.444. The number of hydrogen-bond acceptors (Lipinski definition) is 8. The number of hydrogen-bond donors (Lipinski definition) is 4. The van der Waals surface area contributed by atoms with Crippen LogP contribution in [0.15, 0.2) is 12.3 Å². The summed E-state index contributed by atoms with van der Waals surface area (Å²) in [7, 11) is 1.45. The molecule has 1 fully saturated rings. The van der Waals surface area contributed by atoms with Crippen molar-refractivity contribution in [1.29, 1.82) is 0 Å². The highest BCUT2D eigenvalue weighted by Crippen LogP contribution is 2.33. The predicted octanol–water partition coefficient (Wildman–Crippen LogP) is -0.331. The number of nitrogens with one attached hydrogen (secondary N) is 1. The number of aromatic nitrogens is 3. The number of ether oxygens (including phenoxy) is 1. The van der Waals surface area contributed by atoms with Crippen LogP contribution in [0.25, 0.3) is 11.0 Å². The Morgan fingerprint density at radius 1 is 1.45 bits per heavy atom. The largest absolute Gasteiger partial charge is 0.394 e. The fraction of sp³-hybridized carbons (Fsp3) is 0.500. The Morgan fingerprint density at radius 2 is 2.23 bits per heavy atom. The highest BCUT2D eigenvalue weighted by atomic mass is 35.5. The zero-order valence-electron chi connectivity index (χ0n) is 11.5. The lowest BCUT2D eigenvalue weighted by Crippen LogP contribution is -2.33. The van der Waals surface area contributed by atoms with Gasteiger partial charge in [0.2, 0.25) is 0 Å². The number of aliphatic hydroxyl groups is 3. The van der Waals surface area contributed by atoms with E-state index in [0.29, 0.717) is 16.7 Å². The summed E-state index contributed by atoms with van der Waals surface area (Å²) >= 11 is 5.98. The maximum absolute atomic E-state index is 10.1. The van der Waals surface area contributed by atoms with E-state index in [-0.39, 0.29) is 5.15 Å². The lowest BCUT2D eigenvalue weighted by Gasteiger charge is -2.16. The van der Waals surface area contributed by atoms with Crippen LogP contribution in [0.4, 0.5) is 5.69 Å². The minimum absolute atomic E-state index is 0.195. The molecule has 4 N–H and O–H groups in total. The molecule has 0 unspecified atom stereocenters. The van der Waals surface area contributed by atoms with Crippen LogP contribution in [0.3, 0.4) is 0 Å². The Hall–Kier alpha value is -1.49. The van der Waals surface area contributed by atoms with Crippen molar-refractivity contribution in [3.63, 3.8) is 0 Å². The van der Waals surface area contributed by atoms with Crippen LogP contribution < -0.4 is 5.48 Å². The van der Waals surface area contributed by atoms with Gasteiger partial charge in [0.15, 0.2) is 11.9 Å². The summed E-state index contributed by atoms with van der Waals surface area (Å²) in [4.78, 5) is 9.04.